The van der Waals surface area contributed by atoms with Crippen LogP contribution in [0.2, 0.25) is 0 Å². The summed E-state index contributed by atoms with van der Waals surface area (Å²) in [5.74, 6) is -0.826. The maximum absolute atomic E-state index is 11.9. The second-order valence-electron chi connectivity index (χ2n) is 4.47. The Labute approximate surface area is 124 Å². The number of carboxylic acids is 1. The Morgan fingerprint density at radius 1 is 1.30 bits per heavy atom. The largest absolute Gasteiger partial charge is 0.477 e. The van der Waals surface area contributed by atoms with Gasteiger partial charge in [0.15, 0.2) is 0 Å². The number of aromatic carboxylic acids is 1. The van der Waals surface area contributed by atoms with E-state index in [9.17, 15) is 9.59 Å². The zero-order chi connectivity index (χ0) is 14.7. The van der Waals surface area contributed by atoms with Crippen LogP contribution in [0, 0.1) is 0 Å². The Morgan fingerprint density at radius 2 is 2.05 bits per heavy atom. The maximum atomic E-state index is 11.9. The van der Waals surface area contributed by atoms with Crippen molar-refractivity contribution in [1.82, 2.24) is 10.3 Å². The first-order chi connectivity index (χ1) is 9.47. The Hall–Kier alpha value is -1.73. The third-order valence-electron chi connectivity index (χ3n) is 2.54. The van der Waals surface area contributed by atoms with Crippen LogP contribution in [0.1, 0.15) is 49.0 Å². The van der Waals surface area contributed by atoms with Crippen LogP contribution in [0.15, 0.2) is 18.3 Å². The fraction of sp³-hybridized carbons (Fsp3) is 0.308. The van der Waals surface area contributed by atoms with E-state index in [0.717, 1.165) is 21.2 Å². The van der Waals surface area contributed by atoms with Crippen LogP contribution in [0.3, 0.4) is 0 Å². The van der Waals surface area contributed by atoms with Crippen LogP contribution in [0.4, 0.5) is 0 Å². The van der Waals surface area contributed by atoms with Crippen LogP contribution in [-0.2, 0) is 6.54 Å². The van der Waals surface area contributed by atoms with Gasteiger partial charge in [0.1, 0.15) is 9.75 Å². The van der Waals surface area contributed by atoms with Crippen LogP contribution < -0.4 is 5.32 Å². The van der Waals surface area contributed by atoms with Gasteiger partial charge < -0.3 is 10.4 Å². The van der Waals surface area contributed by atoms with Crippen molar-refractivity contribution in [2.24, 2.45) is 0 Å². The van der Waals surface area contributed by atoms with Gasteiger partial charge in [0.2, 0.25) is 0 Å². The molecule has 0 saturated carbocycles. The molecular formula is C13H14N2O3S2. The van der Waals surface area contributed by atoms with E-state index in [1.807, 2.05) is 13.8 Å². The first kappa shape index (κ1) is 14.7. The molecule has 0 aromatic carbocycles. The lowest BCUT2D eigenvalue weighted by atomic mass is 10.2. The minimum absolute atomic E-state index is 0.181. The summed E-state index contributed by atoms with van der Waals surface area (Å²) in [6.07, 6.45) is 1.58. The number of hydrogen-bond acceptors (Lipinski definition) is 5. The second-order valence-corrected chi connectivity index (χ2v) is 6.70. The van der Waals surface area contributed by atoms with Gasteiger partial charge in [0.05, 0.1) is 17.7 Å². The normalized spacial score (nSPS) is 10.8. The van der Waals surface area contributed by atoms with E-state index in [0.29, 0.717) is 17.3 Å². The number of carbonyl (C=O) groups excluding carboxylic acids is 1. The highest BCUT2D eigenvalue weighted by Crippen LogP contribution is 2.21. The Balaban J connectivity index is 1.95. The van der Waals surface area contributed by atoms with Crippen molar-refractivity contribution in [2.45, 2.75) is 26.3 Å². The molecule has 2 aromatic rings. The molecule has 0 saturated heterocycles. The zero-order valence-corrected chi connectivity index (χ0v) is 12.7. The fourth-order valence-corrected chi connectivity index (χ4v) is 3.12. The van der Waals surface area contributed by atoms with Gasteiger partial charge in [-0.15, -0.1) is 22.7 Å². The molecule has 0 aliphatic heterocycles. The molecular weight excluding hydrogens is 296 g/mol. The van der Waals surface area contributed by atoms with E-state index >= 15 is 0 Å². The summed E-state index contributed by atoms with van der Waals surface area (Å²) in [4.78, 5) is 28.6. The molecule has 0 aliphatic rings. The summed E-state index contributed by atoms with van der Waals surface area (Å²) in [5.41, 5.74) is 0. The Kier molecular flexibility index (Phi) is 4.51. The number of aromatic nitrogens is 1. The molecule has 0 radical (unpaired) electrons. The smallest absolute Gasteiger partial charge is 0.345 e. The number of thiazole rings is 1. The van der Waals surface area contributed by atoms with Gasteiger partial charge in [0.25, 0.3) is 5.91 Å². The van der Waals surface area contributed by atoms with E-state index < -0.39 is 5.97 Å². The number of carbonyl (C=O) groups is 2. The minimum atomic E-state index is -0.948. The molecule has 2 heterocycles. The number of nitrogens with one attached hydrogen (secondary N) is 1. The number of carboxylic acid groups (broad SMARTS) is 1. The zero-order valence-electron chi connectivity index (χ0n) is 11.0. The van der Waals surface area contributed by atoms with Crippen molar-refractivity contribution in [1.29, 1.82) is 0 Å². The molecule has 2 N–H and O–H groups in total. The number of amides is 1. The molecule has 2 aromatic heterocycles. The minimum Gasteiger partial charge on any atom is -0.477 e. The van der Waals surface area contributed by atoms with Crippen LogP contribution in [0.5, 0.6) is 0 Å². The average Bonchev–Trinajstić information content (AvgIpc) is 3.05. The molecule has 20 heavy (non-hydrogen) atoms. The summed E-state index contributed by atoms with van der Waals surface area (Å²) in [6, 6.07) is 3.25. The van der Waals surface area contributed by atoms with Gasteiger partial charge in [-0.1, -0.05) is 13.8 Å². The third kappa shape index (κ3) is 3.43. The standard InChI is InChI=1S/C13H14N2O3S2/c1-7(2)12-15-6-10(20-12)11(16)14-5-8-3-4-9(19-8)13(17)18/h3-4,6-7H,5H2,1-2H3,(H,14,16)(H,17,18). The monoisotopic (exact) mass is 310 g/mol. The summed E-state index contributed by atoms with van der Waals surface area (Å²) in [5, 5.41) is 12.5. The van der Waals surface area contributed by atoms with Crippen LogP contribution in [-0.4, -0.2) is 22.0 Å². The Morgan fingerprint density at radius 3 is 2.60 bits per heavy atom. The second kappa shape index (κ2) is 6.15. The van der Waals surface area contributed by atoms with Crippen molar-refractivity contribution in [3.05, 3.63) is 38.0 Å². The average molecular weight is 310 g/mol. The van der Waals surface area contributed by atoms with Gasteiger partial charge >= 0.3 is 5.97 Å². The molecule has 106 valence electrons. The number of rotatable bonds is 5. The topological polar surface area (TPSA) is 79.3 Å². The third-order valence-corrected chi connectivity index (χ3v) is 4.91. The van der Waals surface area contributed by atoms with Gasteiger partial charge in [-0.3, -0.25) is 4.79 Å². The van der Waals surface area contributed by atoms with E-state index in [-0.39, 0.29) is 10.8 Å². The summed E-state index contributed by atoms with van der Waals surface area (Å²) >= 11 is 2.54. The van der Waals surface area contributed by atoms with E-state index in [4.69, 9.17) is 5.11 Å². The molecule has 0 fully saturated rings. The van der Waals surface area contributed by atoms with E-state index in [2.05, 4.69) is 10.3 Å². The summed E-state index contributed by atoms with van der Waals surface area (Å²) in [6.45, 7) is 4.38. The SMILES string of the molecule is CC(C)c1ncc(C(=O)NCc2ccc(C(=O)O)s2)s1. The van der Waals surface area contributed by atoms with Gasteiger partial charge in [-0.2, -0.15) is 0 Å². The van der Waals surface area contributed by atoms with Crippen molar-refractivity contribution < 1.29 is 14.7 Å². The van der Waals surface area contributed by atoms with Crippen molar-refractivity contribution in [3.8, 4) is 0 Å². The first-order valence-electron chi connectivity index (χ1n) is 6.03. The number of thiophene rings is 1. The molecule has 0 bridgehead atoms. The lowest BCUT2D eigenvalue weighted by Gasteiger charge is -2.00. The van der Waals surface area contributed by atoms with Crippen molar-refractivity contribution in [3.63, 3.8) is 0 Å². The van der Waals surface area contributed by atoms with Crippen LogP contribution >= 0.6 is 22.7 Å². The number of hydrogen-bond donors (Lipinski definition) is 2. The van der Waals surface area contributed by atoms with Crippen molar-refractivity contribution >= 4 is 34.6 Å². The predicted octanol–water partition coefficient (Wildman–Crippen LogP) is 2.96. The molecule has 2 rings (SSSR count). The molecule has 0 unspecified atom stereocenters. The molecule has 1 amide bonds. The van der Waals surface area contributed by atoms with Gasteiger partial charge in [-0.25, -0.2) is 9.78 Å². The molecule has 0 aliphatic carbocycles. The lowest BCUT2D eigenvalue weighted by molar-refractivity contribution is 0.0702. The van der Waals surface area contributed by atoms with Gasteiger partial charge in [-0.05, 0) is 12.1 Å². The first-order valence-corrected chi connectivity index (χ1v) is 7.66. The van der Waals surface area contributed by atoms with Crippen molar-refractivity contribution in [2.75, 3.05) is 0 Å². The lowest BCUT2D eigenvalue weighted by Crippen LogP contribution is -2.21. The van der Waals surface area contributed by atoms with Gasteiger partial charge in [0, 0.05) is 10.8 Å². The quantitative estimate of drug-likeness (QED) is 0.890. The highest BCUT2D eigenvalue weighted by molar-refractivity contribution is 7.14. The predicted molar refractivity (Wildman–Crippen MR) is 78.7 cm³/mol. The number of nitrogens with zero attached hydrogens (tertiary/aromatic N) is 1. The maximum Gasteiger partial charge on any atom is 0.345 e. The Bertz CT molecular complexity index is 631. The van der Waals surface area contributed by atoms with Crippen LogP contribution in [0.25, 0.3) is 0 Å². The molecule has 5 nitrogen and oxygen atoms in total. The summed E-state index contributed by atoms with van der Waals surface area (Å²) < 4.78 is 0. The molecule has 0 spiro atoms. The molecule has 0 atom stereocenters. The summed E-state index contributed by atoms with van der Waals surface area (Å²) in [7, 11) is 0. The molecule has 7 heteroatoms. The fourth-order valence-electron chi connectivity index (χ4n) is 1.50. The highest BCUT2D eigenvalue weighted by atomic mass is 32.1. The van der Waals surface area contributed by atoms with E-state index in [1.54, 1.807) is 12.3 Å². The van der Waals surface area contributed by atoms with E-state index in [1.165, 1.54) is 17.4 Å². The highest BCUT2D eigenvalue weighted by Gasteiger charge is 2.13.